The highest BCUT2D eigenvalue weighted by Gasteiger charge is 2.08. The van der Waals surface area contributed by atoms with Crippen molar-refractivity contribution in [3.05, 3.63) is 17.6 Å². The molecule has 0 saturated heterocycles. The van der Waals surface area contributed by atoms with Gasteiger partial charge in [-0.3, -0.25) is 0 Å². The second kappa shape index (κ2) is 4.41. The van der Waals surface area contributed by atoms with Gasteiger partial charge in [0.2, 0.25) is 0 Å². The van der Waals surface area contributed by atoms with Gasteiger partial charge in [0.15, 0.2) is 0 Å². The number of nitrogens with two attached hydrogens (primary N) is 1. The monoisotopic (exact) mass is 189 g/mol. The molecule has 1 rings (SSSR count). The number of furan rings is 1. The summed E-state index contributed by atoms with van der Waals surface area (Å²) in [5.74, 6) is 2.32. The number of halogens is 1. The van der Waals surface area contributed by atoms with Crippen molar-refractivity contribution in [1.29, 1.82) is 0 Å². The fourth-order valence-corrected chi connectivity index (χ4v) is 1.03. The van der Waals surface area contributed by atoms with Crippen LogP contribution < -0.4 is 5.73 Å². The summed E-state index contributed by atoms with van der Waals surface area (Å²) in [6, 6.07) is 1.92. The topological polar surface area (TPSA) is 39.2 Å². The molecule has 0 aliphatic heterocycles. The molecule has 1 aromatic rings. The largest absolute Gasteiger partial charge is 0.464 e. The Bertz CT molecular complexity index is 243. The summed E-state index contributed by atoms with van der Waals surface area (Å²) in [5, 5.41) is 0. The zero-order valence-electron chi connectivity index (χ0n) is 7.76. The molecule has 0 saturated carbocycles. The molecule has 2 nitrogen and oxygen atoms in total. The molecule has 70 valence electrons. The van der Waals surface area contributed by atoms with Gasteiger partial charge in [-0.2, -0.15) is 0 Å². The van der Waals surface area contributed by atoms with Gasteiger partial charge in [-0.1, -0.05) is 20.8 Å². The Morgan fingerprint density at radius 3 is 2.33 bits per heavy atom. The van der Waals surface area contributed by atoms with Gasteiger partial charge in [-0.15, -0.1) is 12.4 Å². The zero-order chi connectivity index (χ0) is 8.43. The van der Waals surface area contributed by atoms with E-state index in [2.05, 4.69) is 13.8 Å². The number of rotatable bonds is 2. The molecule has 12 heavy (non-hydrogen) atoms. The van der Waals surface area contributed by atoms with Crippen LogP contribution in [0.2, 0.25) is 0 Å². The molecule has 0 fully saturated rings. The van der Waals surface area contributed by atoms with Gasteiger partial charge < -0.3 is 10.2 Å². The highest BCUT2D eigenvalue weighted by Crippen LogP contribution is 2.23. The Hall–Kier alpha value is -0.630. The van der Waals surface area contributed by atoms with Crippen molar-refractivity contribution in [2.75, 3.05) is 5.73 Å². The third kappa shape index (κ3) is 2.18. The summed E-state index contributed by atoms with van der Waals surface area (Å²) in [4.78, 5) is 0. The smallest absolute Gasteiger partial charge is 0.126 e. The quantitative estimate of drug-likeness (QED) is 0.777. The molecule has 0 bridgehead atoms. The lowest BCUT2D eigenvalue weighted by atomic mass is 10.1. The van der Waals surface area contributed by atoms with Crippen LogP contribution in [-0.4, -0.2) is 0 Å². The normalized spacial score (nSPS) is 10.0. The molecule has 0 aromatic carbocycles. The lowest BCUT2D eigenvalue weighted by Crippen LogP contribution is -1.85. The number of hydrogen-bond acceptors (Lipinski definition) is 2. The molecule has 0 unspecified atom stereocenters. The van der Waals surface area contributed by atoms with E-state index in [0.29, 0.717) is 5.92 Å². The molecule has 0 spiro atoms. The van der Waals surface area contributed by atoms with Crippen molar-refractivity contribution in [2.24, 2.45) is 0 Å². The maximum Gasteiger partial charge on any atom is 0.126 e. The van der Waals surface area contributed by atoms with Crippen molar-refractivity contribution in [1.82, 2.24) is 0 Å². The van der Waals surface area contributed by atoms with Crippen LogP contribution in [0, 0.1) is 0 Å². The lowest BCUT2D eigenvalue weighted by Gasteiger charge is -1.96. The molecule has 1 aromatic heterocycles. The molecule has 0 atom stereocenters. The van der Waals surface area contributed by atoms with E-state index in [9.17, 15) is 0 Å². The summed E-state index contributed by atoms with van der Waals surface area (Å²) < 4.78 is 5.50. The highest BCUT2D eigenvalue weighted by atomic mass is 35.5. The predicted molar refractivity (Wildman–Crippen MR) is 53.8 cm³/mol. The van der Waals surface area contributed by atoms with Crippen LogP contribution >= 0.6 is 12.4 Å². The Morgan fingerprint density at radius 2 is 2.08 bits per heavy atom. The fourth-order valence-electron chi connectivity index (χ4n) is 1.03. The Morgan fingerprint density at radius 1 is 1.50 bits per heavy atom. The SMILES string of the molecule is CCc1oc(C(C)C)cc1N.Cl. The van der Waals surface area contributed by atoms with Crippen LogP contribution in [0.15, 0.2) is 10.5 Å². The van der Waals surface area contributed by atoms with E-state index in [0.717, 1.165) is 23.6 Å². The summed E-state index contributed by atoms with van der Waals surface area (Å²) in [6.45, 7) is 6.23. The standard InChI is InChI=1S/C9H15NO.ClH/c1-4-8-7(10)5-9(11-8)6(2)3;/h5-6H,4,10H2,1-3H3;1H. The van der Waals surface area contributed by atoms with E-state index in [4.69, 9.17) is 10.2 Å². The van der Waals surface area contributed by atoms with Gasteiger partial charge in [0.1, 0.15) is 11.5 Å². The van der Waals surface area contributed by atoms with Crippen LogP contribution in [0.5, 0.6) is 0 Å². The summed E-state index contributed by atoms with van der Waals surface area (Å²) >= 11 is 0. The number of nitrogen functional groups attached to an aromatic ring is 1. The van der Waals surface area contributed by atoms with E-state index in [1.165, 1.54) is 0 Å². The van der Waals surface area contributed by atoms with Crippen LogP contribution in [0.1, 0.15) is 38.2 Å². The molecule has 0 aliphatic rings. The van der Waals surface area contributed by atoms with E-state index in [1.54, 1.807) is 0 Å². The van der Waals surface area contributed by atoms with E-state index >= 15 is 0 Å². The van der Waals surface area contributed by atoms with Gasteiger partial charge in [-0.25, -0.2) is 0 Å². The first-order valence-electron chi connectivity index (χ1n) is 4.03. The minimum absolute atomic E-state index is 0. The number of anilines is 1. The summed E-state index contributed by atoms with van der Waals surface area (Å²) in [7, 11) is 0. The molecule has 0 amide bonds. The highest BCUT2D eigenvalue weighted by molar-refractivity contribution is 5.85. The van der Waals surface area contributed by atoms with Gasteiger partial charge in [0, 0.05) is 18.4 Å². The summed E-state index contributed by atoms with van der Waals surface area (Å²) in [6.07, 6.45) is 0.874. The van der Waals surface area contributed by atoms with Gasteiger partial charge in [-0.05, 0) is 0 Å². The second-order valence-electron chi connectivity index (χ2n) is 3.04. The zero-order valence-corrected chi connectivity index (χ0v) is 8.57. The molecule has 0 aliphatic carbocycles. The van der Waals surface area contributed by atoms with Crippen LogP contribution in [-0.2, 0) is 6.42 Å². The van der Waals surface area contributed by atoms with Crippen molar-refractivity contribution in [3.8, 4) is 0 Å². The fraction of sp³-hybridized carbons (Fsp3) is 0.556. The minimum Gasteiger partial charge on any atom is -0.464 e. The van der Waals surface area contributed by atoms with Crippen LogP contribution in [0.25, 0.3) is 0 Å². The van der Waals surface area contributed by atoms with Crippen molar-refractivity contribution in [3.63, 3.8) is 0 Å². The summed E-state index contributed by atoms with van der Waals surface area (Å²) in [5.41, 5.74) is 6.48. The Labute approximate surface area is 79.5 Å². The van der Waals surface area contributed by atoms with E-state index in [1.807, 2.05) is 13.0 Å². The third-order valence-corrected chi connectivity index (χ3v) is 1.75. The first-order valence-corrected chi connectivity index (χ1v) is 4.03. The van der Waals surface area contributed by atoms with E-state index < -0.39 is 0 Å². The number of hydrogen-bond donors (Lipinski definition) is 1. The molecular weight excluding hydrogens is 174 g/mol. The predicted octanol–water partition coefficient (Wildman–Crippen LogP) is 2.97. The van der Waals surface area contributed by atoms with Gasteiger partial charge in [0.05, 0.1) is 5.69 Å². The first kappa shape index (κ1) is 11.4. The second-order valence-corrected chi connectivity index (χ2v) is 3.04. The van der Waals surface area contributed by atoms with Crippen LogP contribution in [0.3, 0.4) is 0 Å². The van der Waals surface area contributed by atoms with Crippen LogP contribution in [0.4, 0.5) is 5.69 Å². The molecule has 0 radical (unpaired) electrons. The average molecular weight is 190 g/mol. The van der Waals surface area contributed by atoms with E-state index in [-0.39, 0.29) is 12.4 Å². The van der Waals surface area contributed by atoms with Crippen molar-refractivity contribution >= 4 is 18.1 Å². The average Bonchev–Trinajstić information content (AvgIpc) is 2.31. The molecular formula is C9H16ClNO. The number of aryl methyl sites for hydroxylation is 1. The van der Waals surface area contributed by atoms with Gasteiger partial charge >= 0.3 is 0 Å². The van der Waals surface area contributed by atoms with Gasteiger partial charge in [0.25, 0.3) is 0 Å². The Balaban J connectivity index is 0.00000121. The molecule has 3 heteroatoms. The third-order valence-electron chi connectivity index (χ3n) is 1.75. The maximum atomic E-state index is 5.70. The first-order chi connectivity index (χ1) is 5.15. The maximum absolute atomic E-state index is 5.70. The Kier molecular flexibility index (Phi) is 4.18. The lowest BCUT2D eigenvalue weighted by molar-refractivity contribution is 0.452. The molecule has 1 heterocycles. The van der Waals surface area contributed by atoms with Crippen molar-refractivity contribution < 1.29 is 4.42 Å². The minimum atomic E-state index is 0. The van der Waals surface area contributed by atoms with Crippen molar-refractivity contribution in [2.45, 2.75) is 33.1 Å². The molecule has 2 N–H and O–H groups in total.